The molecule has 1 heterocycles. The Kier molecular flexibility index (Phi) is 4.30. The van der Waals surface area contributed by atoms with Gasteiger partial charge >= 0.3 is 5.97 Å². The van der Waals surface area contributed by atoms with E-state index in [-0.39, 0.29) is 11.3 Å². The fourth-order valence-corrected chi connectivity index (χ4v) is 2.03. The second-order valence-corrected chi connectivity index (χ2v) is 4.47. The summed E-state index contributed by atoms with van der Waals surface area (Å²) in [5.41, 5.74) is 1.16. The lowest BCUT2D eigenvalue weighted by atomic mass is 10.1. The van der Waals surface area contributed by atoms with Crippen LogP contribution in [-0.4, -0.2) is 29.7 Å². The first kappa shape index (κ1) is 14.0. The molecule has 0 unspecified atom stereocenters. The summed E-state index contributed by atoms with van der Waals surface area (Å²) >= 11 is 0. The van der Waals surface area contributed by atoms with E-state index in [1.54, 1.807) is 24.3 Å². The number of pyridine rings is 1. The largest absolute Gasteiger partial charge is 0.478 e. The molecule has 0 aliphatic carbocycles. The average molecular weight is 274 g/mol. The molecule has 2 rings (SSSR count). The number of halogens is 1. The molecule has 0 aliphatic rings. The normalized spacial score (nSPS) is 10.3. The van der Waals surface area contributed by atoms with Crippen molar-refractivity contribution in [1.82, 2.24) is 4.98 Å². The third-order valence-corrected chi connectivity index (χ3v) is 3.08. The highest BCUT2D eigenvalue weighted by atomic mass is 19.1. The van der Waals surface area contributed by atoms with Crippen LogP contribution in [0.3, 0.4) is 0 Å². The maximum Gasteiger partial charge on any atom is 0.337 e. The summed E-state index contributed by atoms with van der Waals surface area (Å²) in [5, 5.41) is 9.12. The summed E-state index contributed by atoms with van der Waals surface area (Å²) < 4.78 is 13.9. The highest BCUT2D eigenvalue weighted by Crippen LogP contribution is 2.23. The lowest BCUT2D eigenvalue weighted by Gasteiger charge is -2.21. The number of anilines is 1. The molecule has 0 fully saturated rings. The van der Waals surface area contributed by atoms with E-state index in [4.69, 9.17) is 5.11 Å². The van der Waals surface area contributed by atoms with Crippen LogP contribution in [0.15, 0.2) is 42.7 Å². The van der Waals surface area contributed by atoms with Gasteiger partial charge in [-0.05, 0) is 36.2 Å². The fourth-order valence-electron chi connectivity index (χ4n) is 2.03. The highest BCUT2D eigenvalue weighted by Gasteiger charge is 2.17. The SMILES string of the molecule is CN(CCc1ccncc1)c1c(F)cccc1C(=O)O. The molecule has 104 valence electrons. The minimum absolute atomic E-state index is 0.0257. The number of carboxylic acids is 1. The molecule has 20 heavy (non-hydrogen) atoms. The molecule has 0 amide bonds. The molecule has 2 aromatic rings. The molecule has 0 atom stereocenters. The summed E-state index contributed by atoms with van der Waals surface area (Å²) in [4.78, 5) is 16.7. The van der Waals surface area contributed by atoms with Crippen LogP contribution >= 0.6 is 0 Å². The molecule has 5 heteroatoms. The summed E-state index contributed by atoms with van der Waals surface area (Å²) in [6.45, 7) is 0.519. The summed E-state index contributed by atoms with van der Waals surface area (Å²) in [5.74, 6) is -1.66. The fraction of sp³-hybridized carbons (Fsp3) is 0.200. The highest BCUT2D eigenvalue weighted by molar-refractivity contribution is 5.94. The molecular weight excluding hydrogens is 259 g/mol. The Morgan fingerprint density at radius 3 is 2.65 bits per heavy atom. The van der Waals surface area contributed by atoms with Crippen LogP contribution in [0.4, 0.5) is 10.1 Å². The lowest BCUT2D eigenvalue weighted by Crippen LogP contribution is -2.24. The van der Waals surface area contributed by atoms with Crippen molar-refractivity contribution in [2.75, 3.05) is 18.5 Å². The van der Waals surface area contributed by atoms with Gasteiger partial charge in [-0.15, -0.1) is 0 Å². The average Bonchev–Trinajstić information content (AvgIpc) is 2.45. The van der Waals surface area contributed by atoms with E-state index < -0.39 is 11.8 Å². The van der Waals surface area contributed by atoms with Gasteiger partial charge < -0.3 is 10.0 Å². The number of carbonyl (C=O) groups is 1. The zero-order chi connectivity index (χ0) is 14.5. The van der Waals surface area contributed by atoms with Gasteiger partial charge in [-0.3, -0.25) is 4.98 Å². The lowest BCUT2D eigenvalue weighted by molar-refractivity contribution is 0.0697. The quantitative estimate of drug-likeness (QED) is 0.910. The van der Waals surface area contributed by atoms with Crippen LogP contribution < -0.4 is 4.90 Å². The molecule has 0 radical (unpaired) electrons. The molecular formula is C15H15FN2O2. The second kappa shape index (κ2) is 6.14. The number of benzene rings is 1. The summed E-state index contributed by atoms with van der Waals surface area (Å²) in [6.07, 6.45) is 4.08. The topological polar surface area (TPSA) is 53.4 Å². The molecule has 0 spiro atoms. The van der Waals surface area contributed by atoms with Crippen LogP contribution in [-0.2, 0) is 6.42 Å². The van der Waals surface area contributed by atoms with Crippen molar-refractivity contribution in [3.8, 4) is 0 Å². The van der Waals surface area contributed by atoms with Crippen molar-refractivity contribution < 1.29 is 14.3 Å². The molecule has 0 bridgehead atoms. The molecule has 1 N–H and O–H groups in total. The Balaban J connectivity index is 2.17. The van der Waals surface area contributed by atoms with Crippen LogP contribution in [0.25, 0.3) is 0 Å². The number of hydrogen-bond donors (Lipinski definition) is 1. The first-order valence-corrected chi connectivity index (χ1v) is 6.21. The van der Waals surface area contributed by atoms with Gasteiger partial charge in [-0.2, -0.15) is 0 Å². The zero-order valence-electron chi connectivity index (χ0n) is 11.1. The monoisotopic (exact) mass is 274 g/mol. The maximum atomic E-state index is 13.9. The number of carboxylic acid groups (broad SMARTS) is 1. The Bertz CT molecular complexity index is 602. The summed E-state index contributed by atoms with van der Waals surface area (Å²) in [7, 11) is 1.69. The standard InChI is InChI=1S/C15H15FN2O2/c1-18(10-7-11-5-8-17-9-6-11)14-12(15(19)20)3-2-4-13(14)16/h2-6,8-9H,7,10H2,1H3,(H,19,20). The van der Waals surface area contributed by atoms with Gasteiger partial charge in [0.15, 0.2) is 0 Å². The Hall–Kier alpha value is -2.43. The van der Waals surface area contributed by atoms with Gasteiger partial charge in [-0.25, -0.2) is 9.18 Å². The van der Waals surface area contributed by atoms with Crippen LogP contribution in [0.1, 0.15) is 15.9 Å². The van der Waals surface area contributed by atoms with Crippen molar-refractivity contribution >= 4 is 11.7 Å². The van der Waals surface area contributed by atoms with Crippen molar-refractivity contribution in [2.45, 2.75) is 6.42 Å². The van der Waals surface area contributed by atoms with Crippen molar-refractivity contribution in [2.24, 2.45) is 0 Å². The number of aromatic nitrogens is 1. The third-order valence-electron chi connectivity index (χ3n) is 3.08. The number of likely N-dealkylation sites (N-methyl/N-ethyl adjacent to an activating group) is 1. The molecule has 1 aromatic carbocycles. The van der Waals surface area contributed by atoms with Crippen molar-refractivity contribution in [1.29, 1.82) is 0 Å². The van der Waals surface area contributed by atoms with E-state index in [0.717, 1.165) is 5.56 Å². The van der Waals surface area contributed by atoms with Crippen molar-refractivity contribution in [3.05, 3.63) is 59.7 Å². The maximum absolute atomic E-state index is 13.9. The molecule has 0 aliphatic heterocycles. The molecule has 1 aromatic heterocycles. The van der Waals surface area contributed by atoms with Crippen molar-refractivity contribution in [3.63, 3.8) is 0 Å². The first-order valence-electron chi connectivity index (χ1n) is 6.21. The Morgan fingerprint density at radius 2 is 2.00 bits per heavy atom. The van der Waals surface area contributed by atoms with Gasteiger partial charge in [0.2, 0.25) is 0 Å². The smallest absolute Gasteiger partial charge is 0.337 e. The van der Waals surface area contributed by atoms with E-state index in [2.05, 4.69) is 4.98 Å². The second-order valence-electron chi connectivity index (χ2n) is 4.47. The van der Waals surface area contributed by atoms with Gasteiger partial charge in [0.1, 0.15) is 5.82 Å². The first-order chi connectivity index (χ1) is 9.59. The number of rotatable bonds is 5. The molecule has 0 saturated heterocycles. The predicted octanol–water partition coefficient (Wildman–Crippen LogP) is 2.60. The van der Waals surface area contributed by atoms with Crippen LogP contribution in [0, 0.1) is 5.82 Å². The third kappa shape index (κ3) is 3.12. The zero-order valence-corrected chi connectivity index (χ0v) is 11.1. The van der Waals surface area contributed by atoms with E-state index in [0.29, 0.717) is 13.0 Å². The van der Waals surface area contributed by atoms with Gasteiger partial charge in [0.05, 0.1) is 11.3 Å². The van der Waals surface area contributed by atoms with Gasteiger partial charge in [-0.1, -0.05) is 6.07 Å². The predicted molar refractivity (Wildman–Crippen MR) is 74.6 cm³/mol. The Morgan fingerprint density at radius 1 is 1.30 bits per heavy atom. The van der Waals surface area contributed by atoms with E-state index in [9.17, 15) is 9.18 Å². The van der Waals surface area contributed by atoms with E-state index >= 15 is 0 Å². The van der Waals surface area contributed by atoms with E-state index in [1.807, 2.05) is 12.1 Å². The molecule has 0 saturated carbocycles. The molecule has 4 nitrogen and oxygen atoms in total. The van der Waals surface area contributed by atoms with Crippen LogP contribution in [0.2, 0.25) is 0 Å². The number of para-hydroxylation sites is 1. The van der Waals surface area contributed by atoms with Gasteiger partial charge in [0, 0.05) is 26.0 Å². The number of nitrogens with zero attached hydrogens (tertiary/aromatic N) is 2. The van der Waals surface area contributed by atoms with Gasteiger partial charge in [0.25, 0.3) is 0 Å². The summed E-state index contributed by atoms with van der Waals surface area (Å²) in [6, 6.07) is 7.84. The van der Waals surface area contributed by atoms with Crippen LogP contribution in [0.5, 0.6) is 0 Å². The minimum Gasteiger partial charge on any atom is -0.478 e. The number of hydrogen-bond acceptors (Lipinski definition) is 3. The number of aromatic carboxylic acids is 1. The Labute approximate surface area is 116 Å². The van der Waals surface area contributed by atoms with E-state index in [1.165, 1.54) is 18.2 Å². The minimum atomic E-state index is -1.13.